The van der Waals surface area contributed by atoms with Crippen molar-refractivity contribution >= 4 is 21.6 Å². The number of aryl methyl sites for hydroxylation is 1. The monoisotopic (exact) mass is 378 g/mol. The highest BCUT2D eigenvalue weighted by atomic mass is 32.1. The van der Waals surface area contributed by atoms with E-state index < -0.39 is 0 Å². The molecule has 0 saturated heterocycles. The fourth-order valence-corrected chi connectivity index (χ4v) is 5.15. The summed E-state index contributed by atoms with van der Waals surface area (Å²) in [5, 5.41) is 0.842. The molecule has 0 amide bonds. The lowest BCUT2D eigenvalue weighted by molar-refractivity contribution is 0.180. The Kier molecular flexibility index (Phi) is 5.85. The molecule has 1 unspecified atom stereocenters. The molecule has 6 heteroatoms. The van der Waals surface area contributed by atoms with Crippen molar-refractivity contribution < 1.29 is 9.47 Å². The van der Waals surface area contributed by atoms with Crippen molar-refractivity contribution in [2.75, 3.05) is 27.4 Å². The molecule has 2 aromatic heterocycles. The Balaban J connectivity index is 2.08. The zero-order valence-electron chi connectivity index (χ0n) is 16.6. The van der Waals surface area contributed by atoms with Crippen molar-refractivity contribution in [3.05, 3.63) is 26.6 Å². The molecule has 0 radical (unpaired) electrons. The summed E-state index contributed by atoms with van der Waals surface area (Å²) in [6.07, 6.45) is 3.82. The lowest BCUT2D eigenvalue weighted by atomic mass is 9.72. The van der Waals surface area contributed by atoms with Crippen molar-refractivity contribution in [1.82, 2.24) is 9.55 Å². The summed E-state index contributed by atoms with van der Waals surface area (Å²) in [5.41, 5.74) is 1.63. The summed E-state index contributed by atoms with van der Waals surface area (Å²) >= 11 is 1.72. The number of nitrogens with zero attached hydrogens (tertiary/aromatic N) is 2. The molecule has 1 aliphatic rings. The van der Waals surface area contributed by atoms with Crippen LogP contribution in [0.5, 0.6) is 0 Å². The van der Waals surface area contributed by atoms with Crippen LogP contribution in [-0.2, 0) is 35.3 Å². The van der Waals surface area contributed by atoms with Gasteiger partial charge >= 0.3 is 0 Å². The highest BCUT2D eigenvalue weighted by molar-refractivity contribution is 7.18. The molecule has 0 fully saturated rings. The van der Waals surface area contributed by atoms with Gasteiger partial charge in [-0.25, -0.2) is 4.98 Å². The lowest BCUT2D eigenvalue weighted by Gasteiger charge is -2.33. The SMILES string of the molecule is COCCc1nc2sc3c(c2c(=O)n1CCOC)CCC(C(C)(C)C)C3. The zero-order chi connectivity index (χ0) is 18.9. The zero-order valence-corrected chi connectivity index (χ0v) is 17.4. The normalized spacial score (nSPS) is 17.7. The van der Waals surface area contributed by atoms with Gasteiger partial charge in [0.15, 0.2) is 0 Å². The summed E-state index contributed by atoms with van der Waals surface area (Å²) in [7, 11) is 3.33. The van der Waals surface area contributed by atoms with E-state index in [2.05, 4.69) is 20.8 Å². The molecule has 0 bridgehead atoms. The van der Waals surface area contributed by atoms with Gasteiger partial charge in [0.05, 0.1) is 25.1 Å². The van der Waals surface area contributed by atoms with E-state index in [0.717, 1.165) is 35.3 Å². The summed E-state index contributed by atoms with van der Waals surface area (Å²) in [5.74, 6) is 1.46. The molecule has 0 spiro atoms. The second-order valence-electron chi connectivity index (χ2n) is 8.21. The van der Waals surface area contributed by atoms with Gasteiger partial charge in [-0.1, -0.05) is 20.8 Å². The largest absolute Gasteiger partial charge is 0.384 e. The predicted molar refractivity (Wildman–Crippen MR) is 106 cm³/mol. The number of fused-ring (bicyclic) bond motifs is 3. The third-order valence-corrected chi connectivity index (χ3v) is 6.67. The van der Waals surface area contributed by atoms with Gasteiger partial charge in [0.1, 0.15) is 10.7 Å². The van der Waals surface area contributed by atoms with Crippen LogP contribution in [0.3, 0.4) is 0 Å². The Hall–Kier alpha value is -1.24. The van der Waals surface area contributed by atoms with E-state index in [4.69, 9.17) is 14.5 Å². The van der Waals surface area contributed by atoms with Crippen LogP contribution in [0.2, 0.25) is 0 Å². The Morgan fingerprint density at radius 3 is 2.62 bits per heavy atom. The minimum atomic E-state index is 0.0878. The first-order chi connectivity index (χ1) is 12.4. The van der Waals surface area contributed by atoms with Crippen molar-refractivity contribution in [2.45, 2.75) is 53.0 Å². The number of rotatable bonds is 6. The first-order valence-electron chi connectivity index (χ1n) is 9.38. The third kappa shape index (κ3) is 3.73. The van der Waals surface area contributed by atoms with Gasteiger partial charge in [-0.05, 0) is 36.2 Å². The molecule has 1 aliphatic carbocycles. The Morgan fingerprint density at radius 1 is 1.23 bits per heavy atom. The summed E-state index contributed by atoms with van der Waals surface area (Å²) < 4.78 is 12.2. The first-order valence-corrected chi connectivity index (χ1v) is 10.2. The maximum atomic E-state index is 13.3. The highest BCUT2D eigenvalue weighted by Crippen LogP contribution is 2.42. The van der Waals surface area contributed by atoms with Crippen LogP contribution in [0.4, 0.5) is 0 Å². The van der Waals surface area contributed by atoms with Crippen LogP contribution in [0.1, 0.15) is 43.5 Å². The number of hydrogen-bond acceptors (Lipinski definition) is 5. The molecule has 0 N–H and O–H groups in total. The predicted octanol–water partition coefficient (Wildman–Crippen LogP) is 3.44. The van der Waals surface area contributed by atoms with Gasteiger partial charge in [-0.2, -0.15) is 0 Å². The minimum absolute atomic E-state index is 0.0878. The molecule has 144 valence electrons. The standard InChI is InChI=1S/C20H30N2O3S/c1-20(2,3)13-6-7-14-15(12-13)26-18-17(14)19(23)22(9-11-25-5)16(21-18)8-10-24-4/h13H,6-12H2,1-5H3. The highest BCUT2D eigenvalue weighted by Gasteiger charge is 2.32. The van der Waals surface area contributed by atoms with Crippen molar-refractivity contribution in [3.8, 4) is 0 Å². The van der Waals surface area contributed by atoms with E-state index in [1.165, 1.54) is 10.4 Å². The molecule has 0 aliphatic heterocycles. The second-order valence-corrected chi connectivity index (χ2v) is 9.29. The fraction of sp³-hybridized carbons (Fsp3) is 0.700. The fourth-order valence-electron chi connectivity index (χ4n) is 3.84. The summed E-state index contributed by atoms with van der Waals surface area (Å²) in [6, 6.07) is 0. The van der Waals surface area contributed by atoms with E-state index in [-0.39, 0.29) is 5.56 Å². The van der Waals surface area contributed by atoms with E-state index >= 15 is 0 Å². The number of thiophene rings is 1. The number of ether oxygens (including phenoxy) is 2. The van der Waals surface area contributed by atoms with Crippen LogP contribution in [-0.4, -0.2) is 37.0 Å². The maximum absolute atomic E-state index is 13.3. The Bertz CT molecular complexity index is 832. The van der Waals surface area contributed by atoms with E-state index in [1.54, 1.807) is 30.1 Å². The second kappa shape index (κ2) is 7.79. The molecule has 3 rings (SSSR count). The molecule has 1 atom stereocenters. The van der Waals surface area contributed by atoms with Gasteiger partial charge in [0.2, 0.25) is 0 Å². The average molecular weight is 379 g/mol. The Labute approximate surface area is 159 Å². The molecule has 2 heterocycles. The van der Waals surface area contributed by atoms with Crippen LogP contribution >= 0.6 is 11.3 Å². The molecule has 26 heavy (non-hydrogen) atoms. The molecule has 0 aromatic carbocycles. The third-order valence-electron chi connectivity index (χ3n) is 5.52. The first kappa shape index (κ1) is 19.5. The van der Waals surface area contributed by atoms with Gasteiger partial charge in [-0.15, -0.1) is 11.3 Å². The van der Waals surface area contributed by atoms with Crippen molar-refractivity contribution in [3.63, 3.8) is 0 Å². The summed E-state index contributed by atoms with van der Waals surface area (Å²) in [6.45, 7) is 8.54. The van der Waals surface area contributed by atoms with Crippen LogP contribution in [0.15, 0.2) is 4.79 Å². The van der Waals surface area contributed by atoms with Crippen LogP contribution in [0, 0.1) is 11.3 Å². The number of aromatic nitrogens is 2. The smallest absolute Gasteiger partial charge is 0.262 e. The quantitative estimate of drug-likeness (QED) is 0.773. The summed E-state index contributed by atoms with van der Waals surface area (Å²) in [4.78, 5) is 20.4. The van der Waals surface area contributed by atoms with Gasteiger partial charge in [0.25, 0.3) is 5.56 Å². The maximum Gasteiger partial charge on any atom is 0.262 e. The van der Waals surface area contributed by atoms with E-state index in [0.29, 0.717) is 37.5 Å². The van der Waals surface area contributed by atoms with Gasteiger partial charge in [-0.3, -0.25) is 9.36 Å². The average Bonchev–Trinajstić information content (AvgIpc) is 2.96. The molecular formula is C20H30N2O3S. The lowest BCUT2D eigenvalue weighted by Crippen LogP contribution is -2.29. The number of hydrogen-bond donors (Lipinski definition) is 0. The molecule has 2 aromatic rings. The van der Waals surface area contributed by atoms with E-state index in [1.807, 2.05) is 0 Å². The van der Waals surface area contributed by atoms with Gasteiger partial charge in [0, 0.05) is 25.5 Å². The van der Waals surface area contributed by atoms with Crippen LogP contribution < -0.4 is 5.56 Å². The molecule has 5 nitrogen and oxygen atoms in total. The minimum Gasteiger partial charge on any atom is -0.384 e. The Morgan fingerprint density at radius 2 is 1.96 bits per heavy atom. The number of methoxy groups -OCH3 is 2. The van der Waals surface area contributed by atoms with Crippen molar-refractivity contribution in [2.24, 2.45) is 11.3 Å². The van der Waals surface area contributed by atoms with Gasteiger partial charge < -0.3 is 9.47 Å². The van der Waals surface area contributed by atoms with Crippen molar-refractivity contribution in [1.29, 1.82) is 0 Å². The topological polar surface area (TPSA) is 53.3 Å². The molecular weight excluding hydrogens is 348 g/mol. The molecule has 0 saturated carbocycles. The van der Waals surface area contributed by atoms with E-state index in [9.17, 15) is 4.79 Å². The van der Waals surface area contributed by atoms with Crippen LogP contribution in [0.25, 0.3) is 10.2 Å².